The molecule has 0 saturated heterocycles. The quantitative estimate of drug-likeness (QED) is 0.830. The van der Waals surface area contributed by atoms with Crippen LogP contribution in [0.4, 0.5) is 5.69 Å². The maximum absolute atomic E-state index is 12.4. The van der Waals surface area contributed by atoms with E-state index in [1.54, 1.807) is 24.1 Å². The number of para-hydroxylation sites is 1. The molecule has 2 aromatic rings. The first-order chi connectivity index (χ1) is 11.0. The molecule has 1 heterocycles. The fraction of sp³-hybridized carbons (Fsp3) is 0.235. The number of carbonyl (C=O) groups excluding carboxylic acids is 2. The van der Waals surface area contributed by atoms with Gasteiger partial charge in [-0.1, -0.05) is 24.8 Å². The van der Waals surface area contributed by atoms with Gasteiger partial charge in [-0.3, -0.25) is 9.59 Å². The van der Waals surface area contributed by atoms with Crippen molar-refractivity contribution in [1.29, 1.82) is 0 Å². The molecule has 0 fully saturated rings. The van der Waals surface area contributed by atoms with Gasteiger partial charge in [-0.15, -0.1) is 0 Å². The SMILES string of the molecule is C=CC(=O)Nc1ccccc1CC(=O)N(C)Cc1ocnc1C. The van der Waals surface area contributed by atoms with Crippen molar-refractivity contribution in [3.8, 4) is 0 Å². The van der Waals surface area contributed by atoms with Crippen LogP contribution in [0.1, 0.15) is 17.0 Å². The number of hydrogen-bond donors (Lipinski definition) is 1. The summed E-state index contributed by atoms with van der Waals surface area (Å²) < 4.78 is 5.25. The minimum atomic E-state index is -0.310. The van der Waals surface area contributed by atoms with Crippen molar-refractivity contribution in [2.75, 3.05) is 12.4 Å². The van der Waals surface area contributed by atoms with Crippen molar-refractivity contribution in [1.82, 2.24) is 9.88 Å². The van der Waals surface area contributed by atoms with Gasteiger partial charge >= 0.3 is 0 Å². The van der Waals surface area contributed by atoms with Crippen LogP contribution in [0.15, 0.2) is 47.7 Å². The molecule has 1 aromatic heterocycles. The van der Waals surface area contributed by atoms with E-state index in [0.29, 0.717) is 18.0 Å². The molecule has 0 aliphatic carbocycles. The molecular formula is C17H19N3O3. The first-order valence-corrected chi connectivity index (χ1v) is 7.15. The minimum Gasteiger partial charge on any atom is -0.446 e. The molecule has 0 unspecified atom stereocenters. The first kappa shape index (κ1) is 16.5. The molecular weight excluding hydrogens is 294 g/mol. The lowest BCUT2D eigenvalue weighted by Crippen LogP contribution is -2.28. The van der Waals surface area contributed by atoms with Gasteiger partial charge in [0.2, 0.25) is 11.8 Å². The van der Waals surface area contributed by atoms with Gasteiger partial charge in [0, 0.05) is 12.7 Å². The molecule has 0 atom stereocenters. The van der Waals surface area contributed by atoms with Gasteiger partial charge in [-0.25, -0.2) is 4.98 Å². The number of nitrogens with zero attached hydrogens (tertiary/aromatic N) is 2. The van der Waals surface area contributed by atoms with Crippen molar-refractivity contribution >= 4 is 17.5 Å². The van der Waals surface area contributed by atoms with E-state index in [1.165, 1.54) is 12.5 Å². The number of aromatic nitrogens is 1. The number of carbonyl (C=O) groups is 2. The van der Waals surface area contributed by atoms with E-state index >= 15 is 0 Å². The average molecular weight is 313 g/mol. The first-order valence-electron chi connectivity index (χ1n) is 7.15. The summed E-state index contributed by atoms with van der Waals surface area (Å²) in [6.45, 7) is 5.61. The molecule has 1 N–H and O–H groups in total. The molecule has 6 nitrogen and oxygen atoms in total. The Morgan fingerprint density at radius 2 is 2.13 bits per heavy atom. The summed E-state index contributed by atoms with van der Waals surface area (Å²) in [5, 5.41) is 2.70. The molecule has 120 valence electrons. The van der Waals surface area contributed by atoms with Crippen LogP contribution < -0.4 is 5.32 Å². The highest BCUT2D eigenvalue weighted by atomic mass is 16.3. The summed E-state index contributed by atoms with van der Waals surface area (Å²) in [6.07, 6.45) is 2.73. The van der Waals surface area contributed by atoms with Gasteiger partial charge in [-0.2, -0.15) is 0 Å². The molecule has 6 heteroatoms. The summed E-state index contributed by atoms with van der Waals surface area (Å²) in [6, 6.07) is 7.19. The highest BCUT2D eigenvalue weighted by Crippen LogP contribution is 2.17. The molecule has 0 aliphatic rings. The van der Waals surface area contributed by atoms with E-state index < -0.39 is 0 Å². The molecule has 0 bridgehead atoms. The number of likely N-dealkylation sites (N-methyl/N-ethyl adjacent to an activating group) is 1. The van der Waals surface area contributed by atoms with Gasteiger partial charge in [-0.05, 0) is 24.6 Å². The molecule has 0 radical (unpaired) electrons. The van der Waals surface area contributed by atoms with Crippen LogP contribution in [0.25, 0.3) is 0 Å². The average Bonchev–Trinajstić information content (AvgIpc) is 2.94. The zero-order chi connectivity index (χ0) is 16.8. The van der Waals surface area contributed by atoms with E-state index in [0.717, 1.165) is 11.3 Å². The molecule has 0 saturated carbocycles. The third-order valence-electron chi connectivity index (χ3n) is 3.45. The summed E-state index contributed by atoms with van der Waals surface area (Å²) in [4.78, 5) is 29.4. The number of aryl methyl sites for hydroxylation is 1. The summed E-state index contributed by atoms with van der Waals surface area (Å²) in [7, 11) is 1.70. The van der Waals surface area contributed by atoms with Crippen LogP contribution in [0, 0.1) is 6.92 Å². The van der Waals surface area contributed by atoms with Gasteiger partial charge < -0.3 is 14.6 Å². The smallest absolute Gasteiger partial charge is 0.247 e. The number of nitrogens with one attached hydrogen (secondary N) is 1. The normalized spacial score (nSPS) is 10.2. The molecule has 2 rings (SSSR count). The van der Waals surface area contributed by atoms with E-state index in [1.807, 2.05) is 19.1 Å². The molecule has 1 aromatic carbocycles. The number of rotatable bonds is 6. The van der Waals surface area contributed by atoms with E-state index in [9.17, 15) is 9.59 Å². The van der Waals surface area contributed by atoms with E-state index in [2.05, 4.69) is 16.9 Å². The largest absolute Gasteiger partial charge is 0.446 e. The van der Waals surface area contributed by atoms with Crippen LogP contribution >= 0.6 is 0 Å². The second-order valence-electron chi connectivity index (χ2n) is 5.14. The number of oxazole rings is 1. The summed E-state index contributed by atoms with van der Waals surface area (Å²) >= 11 is 0. The second kappa shape index (κ2) is 7.40. The van der Waals surface area contributed by atoms with Crippen molar-refractivity contribution < 1.29 is 14.0 Å². The molecule has 23 heavy (non-hydrogen) atoms. The number of benzene rings is 1. The van der Waals surface area contributed by atoms with E-state index in [-0.39, 0.29) is 18.2 Å². The predicted octanol–water partition coefficient (Wildman–Crippen LogP) is 2.31. The molecule has 0 aliphatic heterocycles. The monoisotopic (exact) mass is 313 g/mol. The molecule has 0 spiro atoms. The van der Waals surface area contributed by atoms with Crippen molar-refractivity contribution in [2.24, 2.45) is 0 Å². The van der Waals surface area contributed by atoms with Crippen LogP contribution in [0.3, 0.4) is 0 Å². The second-order valence-corrected chi connectivity index (χ2v) is 5.14. The number of amides is 2. The number of hydrogen-bond acceptors (Lipinski definition) is 4. The highest BCUT2D eigenvalue weighted by molar-refractivity contribution is 5.99. The van der Waals surface area contributed by atoms with Gasteiger partial charge in [0.25, 0.3) is 0 Å². The standard InChI is InChI=1S/C17H19N3O3/c1-4-16(21)19-14-8-6-5-7-13(14)9-17(22)20(3)10-15-12(2)18-11-23-15/h4-8,11H,1,9-10H2,2-3H3,(H,19,21). The van der Waals surface area contributed by atoms with Crippen molar-refractivity contribution in [2.45, 2.75) is 19.9 Å². The molecule has 2 amide bonds. The maximum Gasteiger partial charge on any atom is 0.247 e. The Morgan fingerprint density at radius 3 is 2.78 bits per heavy atom. The Labute approximate surface area is 134 Å². The fourth-order valence-corrected chi connectivity index (χ4v) is 2.06. The van der Waals surface area contributed by atoms with Gasteiger partial charge in [0.15, 0.2) is 6.39 Å². The minimum absolute atomic E-state index is 0.0823. The third-order valence-corrected chi connectivity index (χ3v) is 3.45. The summed E-state index contributed by atoms with van der Waals surface area (Å²) in [5.74, 6) is 0.269. The zero-order valence-electron chi connectivity index (χ0n) is 13.2. The Hall–Kier alpha value is -2.89. The lowest BCUT2D eigenvalue weighted by Gasteiger charge is -2.17. The lowest BCUT2D eigenvalue weighted by atomic mass is 10.1. The third kappa shape index (κ3) is 4.29. The number of anilines is 1. The topological polar surface area (TPSA) is 75.4 Å². The Kier molecular flexibility index (Phi) is 5.30. The van der Waals surface area contributed by atoms with Crippen molar-refractivity contribution in [3.63, 3.8) is 0 Å². The van der Waals surface area contributed by atoms with Crippen LogP contribution in [-0.4, -0.2) is 28.7 Å². The Bertz CT molecular complexity index is 721. The van der Waals surface area contributed by atoms with Gasteiger partial charge in [0.1, 0.15) is 5.76 Å². The zero-order valence-corrected chi connectivity index (χ0v) is 13.2. The van der Waals surface area contributed by atoms with Crippen molar-refractivity contribution in [3.05, 3.63) is 60.3 Å². The van der Waals surface area contributed by atoms with Gasteiger partial charge in [0.05, 0.1) is 18.7 Å². The van der Waals surface area contributed by atoms with Crippen LogP contribution in [0.2, 0.25) is 0 Å². The fourth-order valence-electron chi connectivity index (χ4n) is 2.06. The highest BCUT2D eigenvalue weighted by Gasteiger charge is 2.15. The van der Waals surface area contributed by atoms with Crippen LogP contribution in [0.5, 0.6) is 0 Å². The lowest BCUT2D eigenvalue weighted by molar-refractivity contribution is -0.129. The van der Waals surface area contributed by atoms with E-state index in [4.69, 9.17) is 4.42 Å². The Balaban J connectivity index is 2.06. The Morgan fingerprint density at radius 1 is 1.39 bits per heavy atom. The van der Waals surface area contributed by atoms with Crippen LogP contribution in [-0.2, 0) is 22.6 Å². The maximum atomic E-state index is 12.4. The predicted molar refractivity (Wildman–Crippen MR) is 86.7 cm³/mol. The summed E-state index contributed by atoms with van der Waals surface area (Å²) in [5.41, 5.74) is 2.12.